The van der Waals surface area contributed by atoms with Crippen LogP contribution in [0.2, 0.25) is 5.02 Å². The Morgan fingerprint density at radius 2 is 1.68 bits per heavy atom. The fourth-order valence-electron chi connectivity index (χ4n) is 4.30. The SMILES string of the molecule is CC(C)(C)CC(=O)CCNC(=O)c1ccc(COc2nn(-c3cc(Cl)cc(I)c3)cc2-c2ccc(OC(F)(F)F)cc2)cc1. The first-order valence-corrected chi connectivity index (χ1v) is 15.0. The Hall–Kier alpha value is -3.58. The minimum absolute atomic E-state index is 0.0952. The van der Waals surface area contributed by atoms with E-state index >= 15 is 0 Å². The van der Waals surface area contributed by atoms with E-state index in [2.05, 4.69) is 37.7 Å². The number of nitrogens with one attached hydrogen (secondary N) is 1. The third kappa shape index (κ3) is 9.98. The molecule has 1 aromatic heterocycles. The van der Waals surface area contributed by atoms with Crippen LogP contribution in [0.15, 0.2) is 72.9 Å². The maximum atomic E-state index is 12.6. The topological polar surface area (TPSA) is 82.5 Å². The Morgan fingerprint density at radius 3 is 2.30 bits per heavy atom. The summed E-state index contributed by atoms with van der Waals surface area (Å²) in [5.41, 5.74) is 2.88. The molecular formula is C32H30ClF3IN3O4. The molecule has 12 heteroatoms. The van der Waals surface area contributed by atoms with Crippen LogP contribution in [0.1, 0.15) is 49.5 Å². The molecule has 4 rings (SSSR count). The summed E-state index contributed by atoms with van der Waals surface area (Å²) in [6, 6.07) is 17.6. The second-order valence-electron chi connectivity index (χ2n) is 11.3. The van der Waals surface area contributed by atoms with Gasteiger partial charge in [0.15, 0.2) is 0 Å². The van der Waals surface area contributed by atoms with Gasteiger partial charge in [0, 0.05) is 39.7 Å². The summed E-state index contributed by atoms with van der Waals surface area (Å²) < 4.78 is 50.5. The number of amides is 1. The number of alkyl halides is 3. The van der Waals surface area contributed by atoms with Crippen molar-refractivity contribution in [1.82, 2.24) is 15.1 Å². The van der Waals surface area contributed by atoms with Crippen molar-refractivity contribution in [2.45, 2.75) is 46.6 Å². The minimum atomic E-state index is -4.80. The highest BCUT2D eigenvalue weighted by molar-refractivity contribution is 14.1. The van der Waals surface area contributed by atoms with Crippen LogP contribution >= 0.6 is 34.2 Å². The van der Waals surface area contributed by atoms with Gasteiger partial charge in [-0.1, -0.05) is 56.6 Å². The summed E-state index contributed by atoms with van der Waals surface area (Å²) in [6.45, 7) is 6.36. The predicted octanol–water partition coefficient (Wildman–Crippen LogP) is 8.40. The highest BCUT2D eigenvalue weighted by Gasteiger charge is 2.31. The van der Waals surface area contributed by atoms with Crippen molar-refractivity contribution in [3.05, 3.63) is 92.6 Å². The van der Waals surface area contributed by atoms with Crippen molar-refractivity contribution in [3.63, 3.8) is 0 Å². The summed E-state index contributed by atoms with van der Waals surface area (Å²) in [7, 11) is 0. The largest absolute Gasteiger partial charge is 0.573 e. The first-order chi connectivity index (χ1) is 20.6. The summed E-state index contributed by atoms with van der Waals surface area (Å²) in [5, 5.41) is 7.87. The van der Waals surface area contributed by atoms with Crippen LogP contribution in [0.5, 0.6) is 11.6 Å². The first-order valence-electron chi connectivity index (χ1n) is 13.6. The number of aromatic nitrogens is 2. The fraction of sp³-hybridized carbons (Fsp3) is 0.281. The van der Waals surface area contributed by atoms with Crippen molar-refractivity contribution in [2.75, 3.05) is 6.54 Å². The summed E-state index contributed by atoms with van der Waals surface area (Å²) in [4.78, 5) is 24.6. The van der Waals surface area contributed by atoms with Crippen molar-refractivity contribution in [3.8, 4) is 28.4 Å². The Kier molecular flexibility index (Phi) is 10.6. The number of ketones is 1. The molecule has 1 heterocycles. The van der Waals surface area contributed by atoms with E-state index in [0.717, 1.165) is 9.13 Å². The molecule has 4 aromatic rings. The number of carbonyl (C=O) groups is 2. The number of benzene rings is 3. The van der Waals surface area contributed by atoms with Gasteiger partial charge in [-0.2, -0.15) is 0 Å². The van der Waals surface area contributed by atoms with E-state index in [1.807, 2.05) is 26.8 Å². The van der Waals surface area contributed by atoms with Crippen molar-refractivity contribution in [1.29, 1.82) is 0 Å². The second-order valence-corrected chi connectivity index (χ2v) is 12.9. The zero-order valence-electron chi connectivity index (χ0n) is 24.2. The molecular weight excluding hydrogens is 710 g/mol. The average molecular weight is 740 g/mol. The van der Waals surface area contributed by atoms with Gasteiger partial charge >= 0.3 is 6.36 Å². The number of hydrogen-bond acceptors (Lipinski definition) is 5. The molecule has 0 bridgehead atoms. The lowest BCUT2D eigenvalue weighted by Gasteiger charge is -2.16. The average Bonchev–Trinajstić information content (AvgIpc) is 3.34. The van der Waals surface area contributed by atoms with Gasteiger partial charge in [-0.05, 0) is 81.6 Å². The lowest BCUT2D eigenvalue weighted by molar-refractivity contribution is -0.274. The van der Waals surface area contributed by atoms with Crippen LogP contribution in [0.25, 0.3) is 16.8 Å². The van der Waals surface area contributed by atoms with Crippen LogP contribution in [-0.4, -0.2) is 34.4 Å². The quantitative estimate of drug-likeness (QED) is 0.156. The van der Waals surface area contributed by atoms with E-state index < -0.39 is 6.36 Å². The lowest BCUT2D eigenvalue weighted by Crippen LogP contribution is -2.27. The maximum Gasteiger partial charge on any atom is 0.573 e. The number of nitrogens with zero attached hydrogens (tertiary/aromatic N) is 2. The molecule has 0 saturated heterocycles. The molecule has 0 aliphatic carbocycles. The lowest BCUT2D eigenvalue weighted by atomic mass is 9.89. The molecule has 0 aliphatic rings. The maximum absolute atomic E-state index is 12.6. The third-order valence-electron chi connectivity index (χ3n) is 6.20. The minimum Gasteiger partial charge on any atom is -0.471 e. The van der Waals surface area contributed by atoms with E-state index in [-0.39, 0.29) is 48.3 Å². The van der Waals surface area contributed by atoms with Gasteiger partial charge in [0.1, 0.15) is 18.1 Å². The Morgan fingerprint density at radius 1 is 1.00 bits per heavy atom. The van der Waals surface area contributed by atoms with Crippen molar-refractivity contribution >= 4 is 45.9 Å². The number of rotatable bonds is 11. The van der Waals surface area contributed by atoms with E-state index in [0.29, 0.717) is 33.8 Å². The Bertz CT molecular complexity index is 1600. The van der Waals surface area contributed by atoms with Crippen molar-refractivity contribution < 1.29 is 32.2 Å². The molecule has 0 unspecified atom stereocenters. The van der Waals surface area contributed by atoms with Gasteiger partial charge < -0.3 is 14.8 Å². The molecule has 0 saturated carbocycles. The molecule has 0 spiro atoms. The standard InChI is InChI=1S/C32H30ClF3IN3O4/c1-31(2,3)17-26(41)12-13-38-29(42)22-6-4-20(5-7-22)19-43-30-28(21-8-10-27(11-9-21)44-32(34,35)36)18-40(39-30)25-15-23(33)14-24(37)16-25/h4-11,14-16,18H,12-13,17,19H2,1-3H3,(H,38,42). The zero-order valence-corrected chi connectivity index (χ0v) is 27.1. The van der Waals surface area contributed by atoms with Crippen LogP contribution in [0, 0.1) is 8.99 Å². The van der Waals surface area contributed by atoms with E-state index in [1.165, 1.54) is 24.3 Å². The van der Waals surface area contributed by atoms with E-state index in [1.54, 1.807) is 47.3 Å². The van der Waals surface area contributed by atoms with E-state index in [4.69, 9.17) is 16.3 Å². The summed E-state index contributed by atoms with van der Waals surface area (Å²) in [5.74, 6) is -0.286. The third-order valence-corrected chi connectivity index (χ3v) is 7.04. The Labute approximate surface area is 271 Å². The molecule has 0 fully saturated rings. The molecule has 232 valence electrons. The molecule has 0 radical (unpaired) electrons. The van der Waals surface area contributed by atoms with Gasteiger partial charge in [0.2, 0.25) is 5.88 Å². The Balaban J connectivity index is 1.47. The smallest absolute Gasteiger partial charge is 0.471 e. The number of Topliss-reactive ketones (excluding diaryl/α,β-unsaturated/α-hetero) is 1. The molecule has 1 amide bonds. The van der Waals surface area contributed by atoms with Gasteiger partial charge in [0.25, 0.3) is 5.91 Å². The number of halogens is 5. The van der Waals surface area contributed by atoms with Gasteiger partial charge in [0.05, 0.1) is 11.3 Å². The molecule has 1 N–H and O–H groups in total. The zero-order chi connectivity index (χ0) is 32.1. The van der Waals surface area contributed by atoms with Gasteiger partial charge in [-0.3, -0.25) is 9.59 Å². The number of ether oxygens (including phenoxy) is 2. The van der Waals surface area contributed by atoms with Gasteiger partial charge in [-0.15, -0.1) is 18.3 Å². The van der Waals surface area contributed by atoms with Gasteiger partial charge in [-0.25, -0.2) is 4.68 Å². The molecule has 0 aliphatic heterocycles. The number of carbonyl (C=O) groups excluding carboxylic acids is 2. The van der Waals surface area contributed by atoms with Crippen LogP contribution in [0.4, 0.5) is 13.2 Å². The molecule has 44 heavy (non-hydrogen) atoms. The molecule has 0 atom stereocenters. The normalized spacial score (nSPS) is 11.7. The summed E-state index contributed by atoms with van der Waals surface area (Å²) >= 11 is 8.39. The predicted molar refractivity (Wildman–Crippen MR) is 170 cm³/mol. The molecule has 7 nitrogen and oxygen atoms in total. The highest BCUT2D eigenvalue weighted by Crippen LogP contribution is 2.33. The monoisotopic (exact) mass is 739 g/mol. The van der Waals surface area contributed by atoms with Crippen molar-refractivity contribution in [2.24, 2.45) is 5.41 Å². The number of hydrogen-bond donors (Lipinski definition) is 1. The van der Waals surface area contributed by atoms with E-state index in [9.17, 15) is 22.8 Å². The second kappa shape index (κ2) is 14.0. The summed E-state index contributed by atoms with van der Waals surface area (Å²) in [6.07, 6.45) is -2.37. The van der Waals surface area contributed by atoms with Crippen LogP contribution in [0.3, 0.4) is 0 Å². The fourth-order valence-corrected chi connectivity index (χ4v) is 5.37. The molecule has 3 aromatic carbocycles. The van der Waals surface area contributed by atoms with Crippen LogP contribution < -0.4 is 14.8 Å². The first kappa shape index (κ1) is 33.3. The highest BCUT2D eigenvalue weighted by atomic mass is 127. The van der Waals surface area contributed by atoms with Crippen LogP contribution in [-0.2, 0) is 11.4 Å².